The highest BCUT2D eigenvalue weighted by Crippen LogP contribution is 2.47. The van der Waals surface area contributed by atoms with E-state index < -0.39 is 0 Å². The summed E-state index contributed by atoms with van der Waals surface area (Å²) < 4.78 is 17.3. The fourth-order valence-corrected chi connectivity index (χ4v) is 5.24. The molecule has 0 bridgehead atoms. The summed E-state index contributed by atoms with van der Waals surface area (Å²) in [7, 11) is 3.29. The van der Waals surface area contributed by atoms with Gasteiger partial charge in [-0.1, -0.05) is 30.3 Å². The quantitative estimate of drug-likeness (QED) is 0.491. The van der Waals surface area contributed by atoms with Gasteiger partial charge in [0.25, 0.3) is 0 Å². The first kappa shape index (κ1) is 22.6. The summed E-state index contributed by atoms with van der Waals surface area (Å²) >= 11 is 0. The number of rotatable bonds is 7. The highest BCUT2D eigenvalue weighted by molar-refractivity contribution is 5.50. The second-order valence-electron chi connectivity index (χ2n) is 9.27. The molecule has 34 heavy (non-hydrogen) atoms. The van der Waals surface area contributed by atoms with Crippen LogP contribution < -0.4 is 14.2 Å². The highest BCUT2D eigenvalue weighted by atomic mass is 16.5. The van der Waals surface area contributed by atoms with Crippen molar-refractivity contribution in [1.82, 2.24) is 4.90 Å². The number of hydrogen-bond donors (Lipinski definition) is 1. The lowest BCUT2D eigenvalue weighted by molar-refractivity contribution is 0.166. The molecule has 1 saturated heterocycles. The summed E-state index contributed by atoms with van der Waals surface area (Å²) in [6.07, 6.45) is 4.39. The maximum atomic E-state index is 10.2. The standard InChI is InChI=1S/C29H33NO4/c1-32-27-11-9-22(17-29(27)33-2)28-19-24(25-18-23(31)10-12-26(25)34-28)21-7-5-20(6-8-21)13-16-30-14-3-4-15-30/h5-12,17-18,24,28,31H,3-4,13-16,19H2,1-2H3. The van der Waals surface area contributed by atoms with Gasteiger partial charge < -0.3 is 24.2 Å². The molecule has 2 aliphatic heterocycles. The van der Waals surface area contributed by atoms with Crippen LogP contribution in [0, 0.1) is 0 Å². The van der Waals surface area contributed by atoms with Gasteiger partial charge in [0.2, 0.25) is 0 Å². The average Bonchev–Trinajstić information content (AvgIpc) is 3.40. The van der Waals surface area contributed by atoms with Crippen LogP contribution in [0.2, 0.25) is 0 Å². The zero-order valence-electron chi connectivity index (χ0n) is 20.0. The number of aromatic hydroxyl groups is 1. The molecular weight excluding hydrogens is 426 g/mol. The topological polar surface area (TPSA) is 51.2 Å². The number of likely N-dealkylation sites (tertiary alicyclic amines) is 1. The zero-order chi connectivity index (χ0) is 23.5. The van der Waals surface area contributed by atoms with E-state index >= 15 is 0 Å². The van der Waals surface area contributed by atoms with Crippen molar-refractivity contribution in [2.75, 3.05) is 33.9 Å². The van der Waals surface area contributed by atoms with Crippen LogP contribution in [0.5, 0.6) is 23.0 Å². The van der Waals surface area contributed by atoms with Crippen molar-refractivity contribution in [2.45, 2.75) is 37.7 Å². The molecule has 0 radical (unpaired) electrons. The van der Waals surface area contributed by atoms with Crippen LogP contribution in [0.1, 0.15) is 53.5 Å². The first-order valence-electron chi connectivity index (χ1n) is 12.2. The SMILES string of the molecule is COc1ccc(C2CC(c3ccc(CCN4CCCC4)cc3)c3cc(O)ccc3O2)cc1OC. The van der Waals surface area contributed by atoms with Crippen LogP contribution in [0.25, 0.3) is 0 Å². The van der Waals surface area contributed by atoms with E-state index in [9.17, 15) is 5.11 Å². The van der Waals surface area contributed by atoms with Gasteiger partial charge in [-0.15, -0.1) is 0 Å². The highest BCUT2D eigenvalue weighted by Gasteiger charge is 2.31. The second-order valence-corrected chi connectivity index (χ2v) is 9.27. The van der Waals surface area contributed by atoms with Crippen molar-refractivity contribution in [1.29, 1.82) is 0 Å². The predicted octanol–water partition coefficient (Wildman–Crippen LogP) is 5.70. The molecule has 0 saturated carbocycles. The van der Waals surface area contributed by atoms with E-state index in [4.69, 9.17) is 14.2 Å². The number of phenols is 1. The van der Waals surface area contributed by atoms with Crippen LogP contribution in [0.3, 0.4) is 0 Å². The Morgan fingerprint density at radius 1 is 0.882 bits per heavy atom. The van der Waals surface area contributed by atoms with Crippen molar-refractivity contribution in [3.63, 3.8) is 0 Å². The van der Waals surface area contributed by atoms with Gasteiger partial charge in [0.15, 0.2) is 11.5 Å². The smallest absolute Gasteiger partial charge is 0.161 e. The first-order valence-corrected chi connectivity index (χ1v) is 12.2. The van der Waals surface area contributed by atoms with Crippen molar-refractivity contribution in [3.05, 3.63) is 82.9 Å². The molecule has 2 heterocycles. The Labute approximate surface area is 201 Å². The Morgan fingerprint density at radius 3 is 2.35 bits per heavy atom. The number of phenolic OH excluding ortho intramolecular Hbond substituents is 1. The van der Waals surface area contributed by atoms with E-state index in [2.05, 4.69) is 29.2 Å². The third kappa shape index (κ3) is 4.71. The second kappa shape index (κ2) is 9.98. The molecule has 0 aromatic heterocycles. The Hall–Kier alpha value is -3.18. The summed E-state index contributed by atoms with van der Waals surface area (Å²) in [5.41, 5.74) is 4.69. The van der Waals surface area contributed by atoms with Crippen molar-refractivity contribution < 1.29 is 19.3 Å². The minimum Gasteiger partial charge on any atom is -0.508 e. The Bertz CT molecular complexity index is 1120. The van der Waals surface area contributed by atoms with Gasteiger partial charge in [-0.05, 0) is 85.8 Å². The minimum atomic E-state index is -0.128. The molecule has 2 unspecified atom stereocenters. The van der Waals surface area contributed by atoms with Gasteiger partial charge in [0, 0.05) is 18.0 Å². The normalized spacial score (nSPS) is 19.9. The van der Waals surface area contributed by atoms with Crippen LogP contribution in [-0.4, -0.2) is 43.9 Å². The first-order chi connectivity index (χ1) is 16.6. The maximum absolute atomic E-state index is 10.2. The molecule has 5 heteroatoms. The van der Waals surface area contributed by atoms with Gasteiger partial charge in [-0.25, -0.2) is 0 Å². The van der Waals surface area contributed by atoms with Crippen molar-refractivity contribution in [2.24, 2.45) is 0 Å². The monoisotopic (exact) mass is 459 g/mol. The molecule has 1 fully saturated rings. The largest absolute Gasteiger partial charge is 0.508 e. The maximum Gasteiger partial charge on any atom is 0.161 e. The molecule has 2 atom stereocenters. The average molecular weight is 460 g/mol. The third-order valence-electron chi connectivity index (χ3n) is 7.16. The lowest BCUT2D eigenvalue weighted by Gasteiger charge is -2.33. The number of ether oxygens (including phenoxy) is 3. The molecule has 178 valence electrons. The fourth-order valence-electron chi connectivity index (χ4n) is 5.24. The van der Waals surface area contributed by atoms with E-state index in [1.807, 2.05) is 30.3 Å². The predicted molar refractivity (Wildman–Crippen MR) is 133 cm³/mol. The summed E-state index contributed by atoms with van der Waals surface area (Å²) in [5.74, 6) is 2.60. The summed E-state index contributed by atoms with van der Waals surface area (Å²) in [6, 6.07) is 20.4. The fraction of sp³-hybridized carbons (Fsp3) is 0.379. The van der Waals surface area contributed by atoms with Gasteiger partial charge in [-0.2, -0.15) is 0 Å². The number of fused-ring (bicyclic) bond motifs is 1. The molecular formula is C29H33NO4. The molecule has 3 aromatic rings. The molecule has 0 amide bonds. The summed E-state index contributed by atoms with van der Waals surface area (Å²) in [5, 5.41) is 10.2. The molecule has 2 aliphatic rings. The lowest BCUT2D eigenvalue weighted by atomic mass is 9.82. The molecule has 0 aliphatic carbocycles. The van der Waals surface area contributed by atoms with Gasteiger partial charge >= 0.3 is 0 Å². The molecule has 5 rings (SSSR count). The van der Waals surface area contributed by atoms with E-state index in [1.165, 1.54) is 37.1 Å². The molecule has 0 spiro atoms. The van der Waals surface area contributed by atoms with E-state index in [0.29, 0.717) is 11.5 Å². The lowest BCUT2D eigenvalue weighted by Crippen LogP contribution is -2.22. The number of nitrogens with zero attached hydrogens (tertiary/aromatic N) is 1. The molecule has 3 aromatic carbocycles. The third-order valence-corrected chi connectivity index (χ3v) is 7.16. The van der Waals surface area contributed by atoms with E-state index in [0.717, 1.165) is 36.3 Å². The Morgan fingerprint density at radius 2 is 1.62 bits per heavy atom. The Kier molecular flexibility index (Phi) is 6.63. The van der Waals surface area contributed by atoms with Crippen LogP contribution in [0.4, 0.5) is 0 Å². The zero-order valence-corrected chi connectivity index (χ0v) is 20.0. The van der Waals surface area contributed by atoms with Crippen LogP contribution in [0.15, 0.2) is 60.7 Å². The van der Waals surface area contributed by atoms with Crippen molar-refractivity contribution >= 4 is 0 Å². The molecule has 5 nitrogen and oxygen atoms in total. The van der Waals surface area contributed by atoms with E-state index in [1.54, 1.807) is 20.3 Å². The van der Waals surface area contributed by atoms with Crippen molar-refractivity contribution in [3.8, 4) is 23.0 Å². The van der Waals surface area contributed by atoms with Gasteiger partial charge in [-0.3, -0.25) is 0 Å². The molecule has 1 N–H and O–H groups in total. The van der Waals surface area contributed by atoms with Crippen LogP contribution >= 0.6 is 0 Å². The van der Waals surface area contributed by atoms with Crippen LogP contribution in [-0.2, 0) is 6.42 Å². The van der Waals surface area contributed by atoms with Gasteiger partial charge in [0.1, 0.15) is 17.6 Å². The number of hydrogen-bond acceptors (Lipinski definition) is 5. The number of methoxy groups -OCH3 is 2. The number of benzene rings is 3. The summed E-state index contributed by atoms with van der Waals surface area (Å²) in [6.45, 7) is 3.60. The summed E-state index contributed by atoms with van der Waals surface area (Å²) in [4.78, 5) is 2.55. The Balaban J connectivity index is 1.41. The minimum absolute atomic E-state index is 0.126. The van der Waals surface area contributed by atoms with E-state index in [-0.39, 0.29) is 17.8 Å². The van der Waals surface area contributed by atoms with Gasteiger partial charge in [0.05, 0.1) is 14.2 Å².